The maximum absolute atomic E-state index is 8.92. The molecule has 1 aromatic heterocycles. The molecule has 0 aliphatic rings. The summed E-state index contributed by atoms with van der Waals surface area (Å²) in [6.07, 6.45) is 0.858. The molecule has 1 aromatic carbocycles. The summed E-state index contributed by atoms with van der Waals surface area (Å²) < 4.78 is 10.9. The summed E-state index contributed by atoms with van der Waals surface area (Å²) in [5.74, 6) is 0.748. The molecule has 5 heteroatoms. The van der Waals surface area contributed by atoms with Crippen molar-refractivity contribution in [1.29, 1.82) is 5.26 Å². The summed E-state index contributed by atoms with van der Waals surface area (Å²) in [6.45, 7) is 3.07. The van der Waals surface area contributed by atoms with Crippen LogP contribution in [-0.2, 0) is 17.8 Å². The van der Waals surface area contributed by atoms with Gasteiger partial charge >= 0.3 is 0 Å². The Hall–Kier alpha value is -1.90. The van der Waals surface area contributed by atoms with Gasteiger partial charge in [-0.05, 0) is 25.1 Å². The van der Waals surface area contributed by atoms with Gasteiger partial charge in [0.25, 0.3) is 0 Å². The van der Waals surface area contributed by atoms with Crippen molar-refractivity contribution in [3.63, 3.8) is 0 Å². The predicted octanol–water partition coefficient (Wildman–Crippen LogP) is 3.09. The molecule has 104 valence electrons. The van der Waals surface area contributed by atoms with Crippen LogP contribution in [0.25, 0.3) is 0 Å². The number of hydrogen-bond acceptors (Lipinski definition) is 5. The van der Waals surface area contributed by atoms with Crippen molar-refractivity contribution in [3.05, 3.63) is 45.4 Å². The molecule has 1 heterocycles. The molecule has 4 nitrogen and oxygen atoms in total. The summed E-state index contributed by atoms with van der Waals surface area (Å²) in [4.78, 5) is 5.46. The lowest BCUT2D eigenvalue weighted by Gasteiger charge is -2.09. The molecule has 0 aliphatic heterocycles. The highest BCUT2D eigenvalue weighted by Crippen LogP contribution is 2.21. The normalized spacial score (nSPS) is 10.2. The SMILES string of the molecule is COc1ccc(C#N)cc1COCCc1scnc1C. The molecule has 0 unspecified atom stereocenters. The highest BCUT2D eigenvalue weighted by Gasteiger charge is 2.06. The molecule has 0 radical (unpaired) electrons. The van der Waals surface area contributed by atoms with Gasteiger partial charge < -0.3 is 9.47 Å². The molecule has 0 saturated heterocycles. The minimum Gasteiger partial charge on any atom is -0.496 e. The number of thiazole rings is 1. The number of ether oxygens (including phenoxy) is 2. The number of nitrogens with zero attached hydrogens (tertiary/aromatic N) is 2. The fourth-order valence-corrected chi connectivity index (χ4v) is 2.64. The Bertz CT molecular complexity index is 617. The van der Waals surface area contributed by atoms with Gasteiger partial charge in [-0.1, -0.05) is 0 Å². The molecular formula is C15H16N2O2S. The number of methoxy groups -OCH3 is 1. The molecule has 0 saturated carbocycles. The molecule has 0 fully saturated rings. The van der Waals surface area contributed by atoms with Gasteiger partial charge in [0, 0.05) is 16.9 Å². The van der Waals surface area contributed by atoms with Gasteiger partial charge in [-0.2, -0.15) is 5.26 Å². The van der Waals surface area contributed by atoms with Crippen LogP contribution in [-0.4, -0.2) is 18.7 Å². The number of hydrogen-bond donors (Lipinski definition) is 0. The van der Waals surface area contributed by atoms with Crippen LogP contribution in [0, 0.1) is 18.3 Å². The maximum atomic E-state index is 8.92. The van der Waals surface area contributed by atoms with Crippen LogP contribution in [0.3, 0.4) is 0 Å². The summed E-state index contributed by atoms with van der Waals surface area (Å²) >= 11 is 1.65. The molecule has 20 heavy (non-hydrogen) atoms. The molecular weight excluding hydrogens is 272 g/mol. The summed E-state index contributed by atoms with van der Waals surface area (Å²) in [5.41, 5.74) is 4.43. The van der Waals surface area contributed by atoms with Gasteiger partial charge in [0.2, 0.25) is 0 Å². The zero-order chi connectivity index (χ0) is 14.4. The number of aromatic nitrogens is 1. The zero-order valence-corrected chi connectivity index (χ0v) is 12.4. The van der Waals surface area contributed by atoms with Crippen LogP contribution in [0.2, 0.25) is 0 Å². The van der Waals surface area contributed by atoms with E-state index in [1.54, 1.807) is 36.6 Å². The van der Waals surface area contributed by atoms with Crippen molar-refractivity contribution in [1.82, 2.24) is 4.98 Å². The Balaban J connectivity index is 1.90. The van der Waals surface area contributed by atoms with E-state index >= 15 is 0 Å². The topological polar surface area (TPSA) is 55.1 Å². The molecule has 0 atom stereocenters. The van der Waals surface area contributed by atoms with Gasteiger partial charge in [0.05, 0.1) is 43.2 Å². The first-order valence-electron chi connectivity index (χ1n) is 6.28. The van der Waals surface area contributed by atoms with Gasteiger partial charge in [-0.3, -0.25) is 0 Å². The van der Waals surface area contributed by atoms with E-state index in [-0.39, 0.29) is 0 Å². The van der Waals surface area contributed by atoms with E-state index in [2.05, 4.69) is 11.1 Å². The van der Waals surface area contributed by atoms with Gasteiger partial charge in [0.15, 0.2) is 0 Å². The van der Waals surface area contributed by atoms with Gasteiger partial charge in [0.1, 0.15) is 5.75 Å². The second-order valence-corrected chi connectivity index (χ2v) is 5.24. The van der Waals surface area contributed by atoms with Crippen molar-refractivity contribution in [2.75, 3.05) is 13.7 Å². The van der Waals surface area contributed by atoms with E-state index in [1.165, 1.54) is 4.88 Å². The maximum Gasteiger partial charge on any atom is 0.124 e. The van der Waals surface area contributed by atoms with Gasteiger partial charge in [-0.15, -0.1) is 11.3 Å². The molecule has 0 amide bonds. The van der Waals surface area contributed by atoms with E-state index in [0.717, 1.165) is 23.4 Å². The quantitative estimate of drug-likeness (QED) is 0.766. The second-order valence-electron chi connectivity index (χ2n) is 4.30. The lowest BCUT2D eigenvalue weighted by atomic mass is 10.1. The minimum absolute atomic E-state index is 0.441. The van der Waals surface area contributed by atoms with Gasteiger partial charge in [-0.25, -0.2) is 4.98 Å². The fourth-order valence-electron chi connectivity index (χ4n) is 1.87. The van der Waals surface area contributed by atoms with E-state index in [0.29, 0.717) is 18.8 Å². The molecule has 2 rings (SSSR count). The minimum atomic E-state index is 0.441. The molecule has 0 bridgehead atoms. The third kappa shape index (κ3) is 3.56. The Morgan fingerprint density at radius 3 is 2.90 bits per heavy atom. The molecule has 0 spiro atoms. The van der Waals surface area contributed by atoms with E-state index in [4.69, 9.17) is 14.7 Å². The van der Waals surface area contributed by atoms with Crippen LogP contribution < -0.4 is 4.74 Å². The number of benzene rings is 1. The van der Waals surface area contributed by atoms with Crippen LogP contribution in [0.15, 0.2) is 23.7 Å². The highest BCUT2D eigenvalue weighted by atomic mass is 32.1. The first-order valence-corrected chi connectivity index (χ1v) is 7.16. The second kappa shape index (κ2) is 7.04. The molecule has 0 aliphatic carbocycles. The van der Waals surface area contributed by atoms with E-state index in [1.807, 2.05) is 12.4 Å². The largest absolute Gasteiger partial charge is 0.496 e. The first kappa shape index (κ1) is 14.5. The summed E-state index contributed by atoms with van der Waals surface area (Å²) in [6, 6.07) is 7.46. The Morgan fingerprint density at radius 1 is 1.40 bits per heavy atom. The Labute approximate surface area is 122 Å². The van der Waals surface area contributed by atoms with Crippen molar-refractivity contribution in [3.8, 4) is 11.8 Å². The van der Waals surface area contributed by atoms with Crippen molar-refractivity contribution in [2.45, 2.75) is 20.0 Å². The van der Waals surface area contributed by atoms with Crippen LogP contribution >= 0.6 is 11.3 Å². The number of rotatable bonds is 6. The summed E-state index contributed by atoms with van der Waals surface area (Å²) in [7, 11) is 1.62. The van der Waals surface area contributed by atoms with Crippen LogP contribution in [0.4, 0.5) is 0 Å². The van der Waals surface area contributed by atoms with E-state index in [9.17, 15) is 0 Å². The molecule has 0 N–H and O–H groups in total. The Morgan fingerprint density at radius 2 is 2.25 bits per heavy atom. The highest BCUT2D eigenvalue weighted by molar-refractivity contribution is 7.09. The third-order valence-electron chi connectivity index (χ3n) is 2.99. The van der Waals surface area contributed by atoms with E-state index < -0.39 is 0 Å². The van der Waals surface area contributed by atoms with Crippen molar-refractivity contribution in [2.24, 2.45) is 0 Å². The van der Waals surface area contributed by atoms with Crippen LogP contribution in [0.1, 0.15) is 21.7 Å². The average Bonchev–Trinajstić information content (AvgIpc) is 2.88. The Kier molecular flexibility index (Phi) is 5.10. The third-order valence-corrected chi connectivity index (χ3v) is 3.98. The predicted molar refractivity (Wildman–Crippen MR) is 77.9 cm³/mol. The lowest BCUT2D eigenvalue weighted by molar-refractivity contribution is 0.122. The monoisotopic (exact) mass is 288 g/mol. The van der Waals surface area contributed by atoms with Crippen molar-refractivity contribution < 1.29 is 9.47 Å². The zero-order valence-electron chi connectivity index (χ0n) is 11.5. The molecule has 2 aromatic rings. The summed E-state index contributed by atoms with van der Waals surface area (Å²) in [5, 5.41) is 8.92. The first-order chi connectivity index (χ1) is 9.74. The number of aryl methyl sites for hydroxylation is 1. The average molecular weight is 288 g/mol. The lowest BCUT2D eigenvalue weighted by Crippen LogP contribution is -2.01. The fraction of sp³-hybridized carbons (Fsp3) is 0.333. The van der Waals surface area contributed by atoms with Crippen molar-refractivity contribution >= 4 is 11.3 Å². The standard InChI is InChI=1S/C15H16N2O2S/c1-11-15(20-10-17-11)5-6-19-9-13-7-12(8-16)3-4-14(13)18-2/h3-4,7,10H,5-6,9H2,1-2H3. The van der Waals surface area contributed by atoms with Crippen LogP contribution in [0.5, 0.6) is 5.75 Å². The smallest absolute Gasteiger partial charge is 0.124 e. The number of nitriles is 1.